The minimum Gasteiger partial charge on any atom is -0.497 e. The molecule has 3 aromatic carbocycles. The monoisotopic (exact) mass is 320 g/mol. The number of amides is 1. The van der Waals surface area contributed by atoms with Gasteiger partial charge in [0.2, 0.25) is 0 Å². The van der Waals surface area contributed by atoms with E-state index in [-0.39, 0.29) is 0 Å². The van der Waals surface area contributed by atoms with Crippen LogP contribution >= 0.6 is 0 Å². The third-order valence-corrected chi connectivity index (χ3v) is 3.49. The number of methoxy groups -OCH3 is 1. The predicted molar refractivity (Wildman–Crippen MR) is 94.6 cm³/mol. The molecule has 0 unspecified atom stereocenters. The maximum atomic E-state index is 11.7. The summed E-state index contributed by atoms with van der Waals surface area (Å²) in [5, 5.41) is 8.49. The van der Waals surface area contributed by atoms with E-state index in [9.17, 15) is 4.79 Å². The highest BCUT2D eigenvalue weighted by molar-refractivity contribution is 5.99. The van der Waals surface area contributed by atoms with E-state index in [2.05, 4.69) is 10.5 Å². The van der Waals surface area contributed by atoms with E-state index in [0.717, 1.165) is 16.3 Å². The van der Waals surface area contributed by atoms with Gasteiger partial charge in [0.15, 0.2) is 0 Å². The van der Waals surface area contributed by atoms with Crippen LogP contribution in [0.3, 0.4) is 0 Å². The molecule has 0 aromatic heterocycles. The maximum Gasteiger partial charge on any atom is 0.437 e. The van der Waals surface area contributed by atoms with E-state index in [0.29, 0.717) is 11.4 Å². The molecule has 0 atom stereocenters. The Kier molecular flexibility index (Phi) is 4.72. The summed E-state index contributed by atoms with van der Waals surface area (Å²) in [7, 11) is 1.58. The Hall–Kier alpha value is -3.34. The molecule has 0 aliphatic rings. The average Bonchev–Trinajstić information content (AvgIpc) is 2.62. The molecule has 120 valence electrons. The van der Waals surface area contributed by atoms with Crippen LogP contribution in [0.4, 0.5) is 10.5 Å². The Balaban J connectivity index is 1.63. The molecule has 0 aliphatic heterocycles. The van der Waals surface area contributed by atoms with Crippen molar-refractivity contribution in [3.8, 4) is 5.75 Å². The number of hydrogen-bond donors (Lipinski definition) is 1. The van der Waals surface area contributed by atoms with Crippen LogP contribution in [0, 0.1) is 0 Å². The molecule has 0 bridgehead atoms. The molecule has 3 aromatic rings. The Labute approximate surface area is 139 Å². The van der Waals surface area contributed by atoms with Gasteiger partial charge in [0.25, 0.3) is 0 Å². The number of carbonyl (C=O) groups excluding carboxylic acids is 1. The first-order valence-corrected chi connectivity index (χ1v) is 7.39. The van der Waals surface area contributed by atoms with Crippen molar-refractivity contribution in [1.82, 2.24) is 0 Å². The first-order chi connectivity index (χ1) is 11.8. The van der Waals surface area contributed by atoms with Crippen LogP contribution < -0.4 is 10.1 Å². The average molecular weight is 320 g/mol. The molecule has 0 saturated carbocycles. The first-order valence-electron chi connectivity index (χ1n) is 7.39. The molecule has 1 amide bonds. The minimum atomic E-state index is -0.656. The topological polar surface area (TPSA) is 59.9 Å². The lowest BCUT2D eigenvalue weighted by atomic mass is 10.1. The number of nitrogens with zero attached hydrogens (tertiary/aromatic N) is 1. The van der Waals surface area contributed by atoms with Gasteiger partial charge in [0, 0.05) is 11.3 Å². The lowest BCUT2D eigenvalue weighted by Crippen LogP contribution is -2.10. The summed E-state index contributed by atoms with van der Waals surface area (Å²) in [6.07, 6.45) is 0.868. The van der Waals surface area contributed by atoms with E-state index in [4.69, 9.17) is 9.57 Å². The van der Waals surface area contributed by atoms with Crippen molar-refractivity contribution in [1.29, 1.82) is 0 Å². The molecule has 3 rings (SSSR count). The summed E-state index contributed by atoms with van der Waals surface area (Å²) in [4.78, 5) is 16.6. The highest BCUT2D eigenvalue weighted by Gasteiger charge is 2.03. The number of benzene rings is 3. The van der Waals surface area contributed by atoms with Crippen molar-refractivity contribution in [3.05, 3.63) is 72.3 Å². The smallest absolute Gasteiger partial charge is 0.437 e. The van der Waals surface area contributed by atoms with Crippen molar-refractivity contribution in [2.75, 3.05) is 12.4 Å². The van der Waals surface area contributed by atoms with E-state index in [1.807, 2.05) is 42.5 Å². The summed E-state index contributed by atoms with van der Waals surface area (Å²) >= 11 is 0. The van der Waals surface area contributed by atoms with Crippen LogP contribution in [0.1, 0.15) is 5.56 Å². The quantitative estimate of drug-likeness (QED) is 0.439. The van der Waals surface area contributed by atoms with Crippen LogP contribution in [0.25, 0.3) is 10.8 Å². The van der Waals surface area contributed by atoms with Crippen molar-refractivity contribution in [3.63, 3.8) is 0 Å². The third kappa shape index (κ3) is 3.70. The van der Waals surface area contributed by atoms with Gasteiger partial charge >= 0.3 is 6.09 Å². The third-order valence-electron chi connectivity index (χ3n) is 3.49. The zero-order chi connectivity index (χ0) is 16.8. The van der Waals surface area contributed by atoms with Crippen molar-refractivity contribution < 1.29 is 14.4 Å². The number of nitrogens with one attached hydrogen (secondary N) is 1. The van der Waals surface area contributed by atoms with Gasteiger partial charge in [-0.05, 0) is 35.0 Å². The fourth-order valence-corrected chi connectivity index (χ4v) is 2.31. The Morgan fingerprint density at radius 1 is 1.00 bits per heavy atom. The van der Waals surface area contributed by atoms with Gasteiger partial charge < -0.3 is 4.74 Å². The van der Waals surface area contributed by atoms with E-state index < -0.39 is 6.09 Å². The van der Waals surface area contributed by atoms with Crippen molar-refractivity contribution in [2.45, 2.75) is 0 Å². The van der Waals surface area contributed by atoms with Crippen LogP contribution in [0.2, 0.25) is 0 Å². The maximum absolute atomic E-state index is 11.7. The molecule has 0 spiro atoms. The lowest BCUT2D eigenvalue weighted by Gasteiger charge is -2.04. The molecule has 0 aliphatic carbocycles. The Bertz CT molecular complexity index is 868. The number of fused-ring (bicyclic) bond motifs is 1. The van der Waals surface area contributed by atoms with Gasteiger partial charge in [-0.3, -0.25) is 10.2 Å². The summed E-state index contributed by atoms with van der Waals surface area (Å²) in [6, 6.07) is 20.7. The predicted octanol–water partition coefficient (Wildman–Crippen LogP) is 4.43. The molecule has 0 heterocycles. The highest BCUT2D eigenvalue weighted by atomic mass is 16.7. The fraction of sp³-hybridized carbons (Fsp3) is 0.0526. The fourth-order valence-electron chi connectivity index (χ4n) is 2.31. The molecule has 5 nitrogen and oxygen atoms in total. The van der Waals surface area contributed by atoms with Crippen LogP contribution in [-0.2, 0) is 4.84 Å². The minimum absolute atomic E-state index is 0.598. The van der Waals surface area contributed by atoms with Gasteiger partial charge in [0.1, 0.15) is 5.75 Å². The lowest BCUT2D eigenvalue weighted by molar-refractivity contribution is 0.167. The second-order valence-corrected chi connectivity index (χ2v) is 5.04. The number of hydrogen-bond acceptors (Lipinski definition) is 4. The molecule has 0 fully saturated rings. The zero-order valence-electron chi connectivity index (χ0n) is 13.1. The summed E-state index contributed by atoms with van der Waals surface area (Å²) in [5.41, 5.74) is 1.48. The number of anilines is 1. The molecular formula is C19H16N2O3. The van der Waals surface area contributed by atoms with Crippen molar-refractivity contribution >= 4 is 28.8 Å². The number of rotatable bonds is 4. The van der Waals surface area contributed by atoms with E-state index in [1.54, 1.807) is 31.4 Å². The van der Waals surface area contributed by atoms with Gasteiger partial charge in [-0.2, -0.15) is 0 Å². The number of oxime groups is 1. The largest absolute Gasteiger partial charge is 0.497 e. The van der Waals surface area contributed by atoms with Gasteiger partial charge in [0.05, 0.1) is 13.3 Å². The normalized spacial score (nSPS) is 10.7. The summed E-state index contributed by atoms with van der Waals surface area (Å²) in [5.74, 6) is 0.711. The Morgan fingerprint density at radius 2 is 1.75 bits per heavy atom. The van der Waals surface area contributed by atoms with Crippen molar-refractivity contribution in [2.24, 2.45) is 5.16 Å². The SMILES string of the molecule is COc1ccc(NC(=O)O/N=C\c2cccc3ccccc23)cc1. The molecule has 1 N–H and O–H groups in total. The van der Waals surface area contributed by atoms with Crippen LogP contribution in [-0.4, -0.2) is 19.4 Å². The summed E-state index contributed by atoms with van der Waals surface area (Å²) in [6.45, 7) is 0. The molecular weight excluding hydrogens is 304 g/mol. The highest BCUT2D eigenvalue weighted by Crippen LogP contribution is 2.17. The van der Waals surface area contributed by atoms with Gasteiger partial charge in [-0.1, -0.05) is 47.6 Å². The Morgan fingerprint density at radius 3 is 2.54 bits per heavy atom. The first kappa shape index (κ1) is 15.6. The van der Waals surface area contributed by atoms with Crippen LogP contribution in [0.5, 0.6) is 5.75 Å². The standard InChI is InChI=1S/C19H16N2O3/c1-23-17-11-9-16(10-12-17)21-19(22)24-20-13-15-7-4-6-14-5-2-3-8-18(14)15/h2-13H,1H3,(H,21,22)/b20-13-. The second-order valence-electron chi connectivity index (χ2n) is 5.04. The number of ether oxygens (including phenoxy) is 1. The summed E-state index contributed by atoms with van der Waals surface area (Å²) < 4.78 is 5.06. The van der Waals surface area contributed by atoms with E-state index >= 15 is 0 Å². The zero-order valence-corrected chi connectivity index (χ0v) is 13.1. The molecule has 0 radical (unpaired) electrons. The van der Waals surface area contributed by atoms with Gasteiger partial charge in [-0.25, -0.2) is 4.79 Å². The number of carbonyl (C=O) groups is 1. The second kappa shape index (κ2) is 7.28. The van der Waals surface area contributed by atoms with Gasteiger partial charge in [-0.15, -0.1) is 0 Å². The molecule has 0 saturated heterocycles. The van der Waals surface area contributed by atoms with E-state index in [1.165, 1.54) is 6.21 Å². The molecule has 5 heteroatoms. The van der Waals surface area contributed by atoms with Crippen LogP contribution in [0.15, 0.2) is 71.9 Å². The molecule has 24 heavy (non-hydrogen) atoms.